The van der Waals surface area contributed by atoms with E-state index in [1.165, 1.54) is 6.07 Å². The van der Waals surface area contributed by atoms with Gasteiger partial charge in [0.05, 0.1) is 11.6 Å². The molecule has 1 aromatic carbocycles. The molecule has 20 heavy (non-hydrogen) atoms. The highest BCUT2D eigenvalue weighted by Crippen LogP contribution is 2.36. The third kappa shape index (κ3) is 3.12. The van der Waals surface area contributed by atoms with Gasteiger partial charge in [0.15, 0.2) is 0 Å². The number of alkyl halides is 2. The first-order valence-electron chi connectivity index (χ1n) is 6.52. The minimum Gasteiger partial charge on any atom is -0.390 e. The fourth-order valence-corrected chi connectivity index (χ4v) is 2.53. The number of piperazine rings is 1. The molecule has 0 spiro atoms. The van der Waals surface area contributed by atoms with Crippen molar-refractivity contribution in [2.45, 2.75) is 12.0 Å². The molecule has 1 saturated heterocycles. The molecule has 0 bridgehead atoms. The average molecular weight is 281 g/mol. The third-order valence-corrected chi connectivity index (χ3v) is 3.46. The predicted octanol–water partition coefficient (Wildman–Crippen LogP) is 1.13. The average Bonchev–Trinajstić information content (AvgIpc) is 2.48. The zero-order valence-corrected chi connectivity index (χ0v) is 11.0. The maximum absolute atomic E-state index is 14.1. The second-order valence-corrected chi connectivity index (χ2v) is 4.84. The standard InChI is InChI=1S/C14H17F2N3O/c15-14(16,10-20)13(19-6-4-18-5-7-19)12-3-1-2-11(8-12)9-17/h1-3,8,13,18,20H,4-7,10H2/t13-/m1/s1. The van der Waals surface area contributed by atoms with Gasteiger partial charge in [-0.2, -0.15) is 5.26 Å². The van der Waals surface area contributed by atoms with Crippen LogP contribution in [0.5, 0.6) is 0 Å². The second kappa shape index (κ2) is 6.27. The van der Waals surface area contributed by atoms with Crippen LogP contribution in [0.15, 0.2) is 24.3 Å². The maximum atomic E-state index is 14.1. The van der Waals surface area contributed by atoms with Gasteiger partial charge < -0.3 is 10.4 Å². The van der Waals surface area contributed by atoms with Crippen LogP contribution in [0.1, 0.15) is 17.2 Å². The zero-order valence-electron chi connectivity index (χ0n) is 11.0. The van der Waals surface area contributed by atoms with Crippen LogP contribution in [0.25, 0.3) is 0 Å². The van der Waals surface area contributed by atoms with Crippen molar-refractivity contribution in [3.8, 4) is 6.07 Å². The summed E-state index contributed by atoms with van der Waals surface area (Å²) in [6.45, 7) is 1.03. The number of nitriles is 1. The van der Waals surface area contributed by atoms with Crippen molar-refractivity contribution >= 4 is 0 Å². The quantitative estimate of drug-likeness (QED) is 0.868. The van der Waals surface area contributed by atoms with Crippen LogP contribution in [0.2, 0.25) is 0 Å². The van der Waals surface area contributed by atoms with Crippen molar-refractivity contribution in [1.29, 1.82) is 5.26 Å². The molecular weight excluding hydrogens is 264 g/mol. The molecule has 0 aliphatic carbocycles. The molecule has 0 unspecified atom stereocenters. The maximum Gasteiger partial charge on any atom is 0.289 e. The molecule has 1 heterocycles. The minimum atomic E-state index is -3.24. The molecule has 1 aliphatic heterocycles. The number of rotatable bonds is 4. The van der Waals surface area contributed by atoms with Crippen molar-refractivity contribution in [3.05, 3.63) is 35.4 Å². The first-order chi connectivity index (χ1) is 9.58. The van der Waals surface area contributed by atoms with Crippen LogP contribution in [0.3, 0.4) is 0 Å². The summed E-state index contributed by atoms with van der Waals surface area (Å²) in [7, 11) is 0. The Labute approximate surface area is 116 Å². The van der Waals surface area contributed by atoms with Crippen LogP contribution in [0.4, 0.5) is 8.78 Å². The molecule has 4 nitrogen and oxygen atoms in total. The summed E-state index contributed by atoms with van der Waals surface area (Å²) in [5, 5.41) is 21.0. The molecular formula is C14H17F2N3O. The molecule has 1 aromatic rings. The highest BCUT2D eigenvalue weighted by atomic mass is 19.3. The highest BCUT2D eigenvalue weighted by molar-refractivity contribution is 5.35. The lowest BCUT2D eigenvalue weighted by Gasteiger charge is -2.38. The van der Waals surface area contributed by atoms with E-state index in [1.807, 2.05) is 6.07 Å². The molecule has 0 radical (unpaired) electrons. The normalized spacial score (nSPS) is 18.5. The summed E-state index contributed by atoms with van der Waals surface area (Å²) in [6.07, 6.45) is 0. The molecule has 2 rings (SSSR count). The number of benzene rings is 1. The van der Waals surface area contributed by atoms with E-state index < -0.39 is 18.6 Å². The molecule has 0 saturated carbocycles. The number of hydrogen-bond acceptors (Lipinski definition) is 4. The number of nitrogens with one attached hydrogen (secondary N) is 1. The Morgan fingerprint density at radius 1 is 1.40 bits per heavy atom. The predicted molar refractivity (Wildman–Crippen MR) is 70.4 cm³/mol. The van der Waals surface area contributed by atoms with Crippen LogP contribution in [-0.2, 0) is 0 Å². The van der Waals surface area contributed by atoms with Gasteiger partial charge >= 0.3 is 0 Å². The van der Waals surface area contributed by atoms with E-state index in [9.17, 15) is 8.78 Å². The highest BCUT2D eigenvalue weighted by Gasteiger charge is 2.44. The van der Waals surface area contributed by atoms with E-state index >= 15 is 0 Å². The Kier molecular flexibility index (Phi) is 4.65. The molecule has 0 amide bonds. The van der Waals surface area contributed by atoms with Crippen molar-refractivity contribution in [2.24, 2.45) is 0 Å². The molecule has 108 valence electrons. The van der Waals surface area contributed by atoms with Gasteiger partial charge in [0.2, 0.25) is 0 Å². The Morgan fingerprint density at radius 2 is 2.10 bits per heavy atom. The van der Waals surface area contributed by atoms with Crippen LogP contribution in [0, 0.1) is 11.3 Å². The Balaban J connectivity index is 2.37. The SMILES string of the molecule is N#Cc1cccc([C@@H](N2CCNCC2)C(F)(F)CO)c1. The van der Waals surface area contributed by atoms with E-state index in [2.05, 4.69) is 5.32 Å². The largest absolute Gasteiger partial charge is 0.390 e. The van der Waals surface area contributed by atoms with Gasteiger partial charge in [0.1, 0.15) is 12.6 Å². The van der Waals surface area contributed by atoms with Crippen molar-refractivity contribution in [3.63, 3.8) is 0 Å². The van der Waals surface area contributed by atoms with Gasteiger partial charge in [-0.05, 0) is 17.7 Å². The molecule has 2 N–H and O–H groups in total. The molecule has 6 heteroatoms. The summed E-state index contributed by atoms with van der Waals surface area (Å²) in [6, 6.07) is 6.97. The van der Waals surface area contributed by atoms with E-state index in [-0.39, 0.29) is 0 Å². The smallest absolute Gasteiger partial charge is 0.289 e. The number of aliphatic hydroxyl groups excluding tert-OH is 1. The lowest BCUT2D eigenvalue weighted by molar-refractivity contribution is -0.118. The second-order valence-electron chi connectivity index (χ2n) is 4.84. The fraction of sp³-hybridized carbons (Fsp3) is 0.500. The van der Waals surface area contributed by atoms with Gasteiger partial charge in [-0.3, -0.25) is 4.90 Å². The Morgan fingerprint density at radius 3 is 2.70 bits per heavy atom. The number of aliphatic hydroxyl groups is 1. The summed E-state index contributed by atoms with van der Waals surface area (Å²) < 4.78 is 28.3. The summed E-state index contributed by atoms with van der Waals surface area (Å²) in [4.78, 5) is 1.66. The minimum absolute atomic E-state index is 0.344. The summed E-state index contributed by atoms with van der Waals surface area (Å²) >= 11 is 0. The molecule has 1 atom stereocenters. The summed E-state index contributed by atoms with van der Waals surface area (Å²) in [5.74, 6) is -3.24. The molecule has 0 aromatic heterocycles. The molecule has 1 aliphatic rings. The van der Waals surface area contributed by atoms with Crippen molar-refractivity contribution < 1.29 is 13.9 Å². The lowest BCUT2D eigenvalue weighted by Crippen LogP contribution is -2.51. The van der Waals surface area contributed by atoms with Crippen molar-refractivity contribution in [1.82, 2.24) is 10.2 Å². The first-order valence-corrected chi connectivity index (χ1v) is 6.52. The third-order valence-electron chi connectivity index (χ3n) is 3.46. The van der Waals surface area contributed by atoms with Crippen molar-refractivity contribution in [2.75, 3.05) is 32.8 Å². The number of hydrogen-bond donors (Lipinski definition) is 2. The van der Waals surface area contributed by atoms with E-state index in [0.29, 0.717) is 37.3 Å². The summed E-state index contributed by atoms with van der Waals surface area (Å²) in [5.41, 5.74) is 0.710. The van der Waals surface area contributed by atoms with E-state index in [1.54, 1.807) is 23.1 Å². The van der Waals surface area contributed by atoms with Crippen LogP contribution >= 0.6 is 0 Å². The number of halogens is 2. The first kappa shape index (κ1) is 14.9. The lowest BCUT2D eigenvalue weighted by atomic mass is 9.97. The Hall–Kier alpha value is -1.55. The van der Waals surface area contributed by atoms with Gasteiger partial charge in [0.25, 0.3) is 5.92 Å². The Bertz CT molecular complexity index is 495. The van der Waals surface area contributed by atoms with Gasteiger partial charge in [-0.1, -0.05) is 12.1 Å². The van der Waals surface area contributed by atoms with Gasteiger partial charge in [-0.25, -0.2) is 8.78 Å². The number of nitrogens with zero attached hydrogens (tertiary/aromatic N) is 2. The van der Waals surface area contributed by atoms with Gasteiger partial charge in [-0.15, -0.1) is 0 Å². The van der Waals surface area contributed by atoms with Crippen LogP contribution < -0.4 is 5.32 Å². The zero-order chi connectivity index (χ0) is 14.6. The van der Waals surface area contributed by atoms with Gasteiger partial charge in [0, 0.05) is 26.2 Å². The fourth-order valence-electron chi connectivity index (χ4n) is 2.53. The molecule has 1 fully saturated rings. The topological polar surface area (TPSA) is 59.3 Å². The monoisotopic (exact) mass is 281 g/mol. The van der Waals surface area contributed by atoms with E-state index in [4.69, 9.17) is 10.4 Å². The van der Waals surface area contributed by atoms with Crippen LogP contribution in [-0.4, -0.2) is 48.7 Å². The van der Waals surface area contributed by atoms with E-state index in [0.717, 1.165) is 0 Å².